The van der Waals surface area contributed by atoms with Crippen LogP contribution in [0.2, 0.25) is 0 Å². The number of carbonyl (C=O) groups excluding carboxylic acids is 1. The number of aryl methyl sites for hydroxylation is 1. The highest BCUT2D eigenvalue weighted by Crippen LogP contribution is 2.33. The molecule has 0 bridgehead atoms. The summed E-state index contributed by atoms with van der Waals surface area (Å²) in [4.78, 5) is 16.6. The number of amides is 1. The Morgan fingerprint density at radius 1 is 1.22 bits per heavy atom. The number of aromatic amines is 1. The van der Waals surface area contributed by atoms with Crippen LogP contribution in [-0.2, 0) is 7.05 Å². The van der Waals surface area contributed by atoms with E-state index in [0.29, 0.717) is 16.5 Å². The Labute approximate surface area is 135 Å². The minimum atomic E-state index is -0.181. The maximum atomic E-state index is 12.3. The Balaban J connectivity index is 1.67. The molecule has 0 atom stereocenters. The van der Waals surface area contributed by atoms with Gasteiger partial charge in [-0.15, -0.1) is 0 Å². The lowest BCUT2D eigenvalue weighted by molar-refractivity contribution is 0.101. The number of thiazole rings is 1. The van der Waals surface area contributed by atoms with Crippen molar-refractivity contribution in [2.45, 2.75) is 0 Å². The van der Waals surface area contributed by atoms with Gasteiger partial charge in [-0.05, 0) is 12.1 Å². The van der Waals surface area contributed by atoms with Gasteiger partial charge in [-0.2, -0.15) is 10.1 Å². The number of hydrogen-bond donors (Lipinski definition) is 2. The van der Waals surface area contributed by atoms with E-state index >= 15 is 0 Å². The predicted octanol–water partition coefficient (Wildman–Crippen LogP) is 3.28. The van der Waals surface area contributed by atoms with Gasteiger partial charge in [0.05, 0.1) is 5.69 Å². The smallest absolute Gasteiger partial charge is 0.274 e. The molecular weight excluding hydrogens is 310 g/mol. The van der Waals surface area contributed by atoms with Crippen LogP contribution in [0.5, 0.6) is 0 Å². The molecule has 2 N–H and O–H groups in total. The zero-order chi connectivity index (χ0) is 15.8. The summed E-state index contributed by atoms with van der Waals surface area (Å²) in [5.41, 5.74) is 3.15. The molecule has 0 radical (unpaired) electrons. The average molecular weight is 323 g/mol. The van der Waals surface area contributed by atoms with Gasteiger partial charge in [-0.1, -0.05) is 41.7 Å². The fourth-order valence-electron chi connectivity index (χ4n) is 2.42. The van der Waals surface area contributed by atoms with Crippen molar-refractivity contribution in [2.75, 3.05) is 5.32 Å². The Hall–Kier alpha value is -2.93. The summed E-state index contributed by atoms with van der Waals surface area (Å²) < 4.78 is 2.70. The first-order valence-corrected chi connectivity index (χ1v) is 7.87. The average Bonchev–Trinajstić information content (AvgIpc) is 3.23. The SMILES string of the molecule is Cn1cccc1C(=O)Nc1nc2n[nH]c(-c3ccccc3)c2s1. The van der Waals surface area contributed by atoms with Crippen molar-refractivity contribution in [3.05, 3.63) is 54.4 Å². The minimum Gasteiger partial charge on any atom is -0.347 e. The lowest BCUT2D eigenvalue weighted by Gasteiger charge is -2.02. The topological polar surface area (TPSA) is 75.6 Å². The molecule has 1 amide bonds. The fraction of sp³-hybridized carbons (Fsp3) is 0.0625. The van der Waals surface area contributed by atoms with Gasteiger partial charge in [-0.3, -0.25) is 15.2 Å². The molecule has 0 aliphatic heterocycles. The normalized spacial score (nSPS) is 11.0. The second-order valence-electron chi connectivity index (χ2n) is 5.09. The van der Waals surface area contributed by atoms with Gasteiger partial charge in [-0.25, -0.2) is 0 Å². The van der Waals surface area contributed by atoms with Crippen LogP contribution in [0.1, 0.15) is 10.5 Å². The first kappa shape index (κ1) is 13.7. The van der Waals surface area contributed by atoms with Gasteiger partial charge in [0.15, 0.2) is 10.8 Å². The summed E-state index contributed by atoms with van der Waals surface area (Å²) in [5, 5.41) is 10.6. The molecule has 0 saturated carbocycles. The summed E-state index contributed by atoms with van der Waals surface area (Å²) in [7, 11) is 1.83. The molecule has 4 rings (SSSR count). The number of aromatic nitrogens is 4. The number of fused-ring (bicyclic) bond motifs is 1. The molecule has 0 unspecified atom stereocenters. The number of nitrogens with one attached hydrogen (secondary N) is 2. The van der Waals surface area contributed by atoms with Crippen LogP contribution in [-0.4, -0.2) is 25.7 Å². The molecule has 0 fully saturated rings. The van der Waals surface area contributed by atoms with Crippen LogP contribution in [0.25, 0.3) is 21.6 Å². The van der Waals surface area contributed by atoms with Crippen molar-refractivity contribution < 1.29 is 4.79 Å². The van der Waals surface area contributed by atoms with Crippen LogP contribution in [0, 0.1) is 0 Å². The van der Waals surface area contributed by atoms with Crippen molar-refractivity contribution in [3.8, 4) is 11.3 Å². The molecule has 0 spiro atoms. The van der Waals surface area contributed by atoms with E-state index in [0.717, 1.165) is 16.0 Å². The standard InChI is InChI=1S/C16H13N5OS/c1-21-9-5-8-11(21)15(22)18-16-17-14-13(23-16)12(19-20-14)10-6-3-2-4-7-10/h2-9H,1H3,(H2,17,18,19,20,22). The van der Waals surface area contributed by atoms with Crippen LogP contribution in [0.4, 0.5) is 5.13 Å². The number of hydrogen-bond acceptors (Lipinski definition) is 4. The number of benzene rings is 1. The van der Waals surface area contributed by atoms with E-state index < -0.39 is 0 Å². The van der Waals surface area contributed by atoms with Crippen molar-refractivity contribution in [1.82, 2.24) is 19.7 Å². The number of anilines is 1. The summed E-state index contributed by atoms with van der Waals surface area (Å²) in [5.74, 6) is -0.181. The van der Waals surface area contributed by atoms with Gasteiger partial charge >= 0.3 is 0 Å². The highest BCUT2D eigenvalue weighted by atomic mass is 32.1. The number of carbonyl (C=O) groups is 1. The molecule has 3 heterocycles. The van der Waals surface area contributed by atoms with Crippen LogP contribution >= 0.6 is 11.3 Å². The third-order valence-corrected chi connectivity index (χ3v) is 4.55. The zero-order valence-electron chi connectivity index (χ0n) is 12.3. The second-order valence-corrected chi connectivity index (χ2v) is 6.09. The van der Waals surface area contributed by atoms with Gasteiger partial charge in [0.1, 0.15) is 10.4 Å². The first-order chi connectivity index (χ1) is 11.2. The quantitative estimate of drug-likeness (QED) is 0.607. The molecule has 0 aliphatic carbocycles. The van der Waals surface area contributed by atoms with E-state index in [1.54, 1.807) is 10.6 Å². The Morgan fingerprint density at radius 2 is 2.04 bits per heavy atom. The summed E-state index contributed by atoms with van der Waals surface area (Å²) in [6, 6.07) is 13.5. The van der Waals surface area contributed by atoms with E-state index in [-0.39, 0.29) is 5.91 Å². The molecule has 7 heteroatoms. The molecule has 114 valence electrons. The molecule has 23 heavy (non-hydrogen) atoms. The van der Waals surface area contributed by atoms with Gasteiger partial charge in [0.25, 0.3) is 5.91 Å². The number of nitrogens with zero attached hydrogens (tertiary/aromatic N) is 3. The van der Waals surface area contributed by atoms with E-state index in [1.807, 2.05) is 49.6 Å². The van der Waals surface area contributed by atoms with Crippen molar-refractivity contribution in [1.29, 1.82) is 0 Å². The Morgan fingerprint density at radius 3 is 2.78 bits per heavy atom. The van der Waals surface area contributed by atoms with Crippen molar-refractivity contribution >= 4 is 32.7 Å². The lowest BCUT2D eigenvalue weighted by Crippen LogP contribution is -2.15. The van der Waals surface area contributed by atoms with Crippen molar-refractivity contribution in [3.63, 3.8) is 0 Å². The van der Waals surface area contributed by atoms with Crippen LogP contribution in [0.15, 0.2) is 48.7 Å². The lowest BCUT2D eigenvalue weighted by atomic mass is 10.2. The third-order valence-electron chi connectivity index (χ3n) is 3.57. The Bertz CT molecular complexity index is 982. The molecule has 4 aromatic rings. The molecule has 6 nitrogen and oxygen atoms in total. The van der Waals surface area contributed by atoms with Crippen LogP contribution in [0.3, 0.4) is 0 Å². The van der Waals surface area contributed by atoms with Crippen molar-refractivity contribution in [2.24, 2.45) is 7.05 Å². The van der Waals surface area contributed by atoms with Gasteiger partial charge in [0, 0.05) is 18.8 Å². The summed E-state index contributed by atoms with van der Waals surface area (Å²) >= 11 is 1.41. The van der Waals surface area contributed by atoms with Gasteiger partial charge in [0.2, 0.25) is 0 Å². The third kappa shape index (κ3) is 2.40. The first-order valence-electron chi connectivity index (χ1n) is 7.05. The molecule has 1 aromatic carbocycles. The maximum absolute atomic E-state index is 12.3. The van der Waals surface area contributed by atoms with E-state index in [1.165, 1.54) is 11.3 Å². The zero-order valence-corrected chi connectivity index (χ0v) is 13.1. The fourth-order valence-corrected chi connectivity index (χ4v) is 3.34. The minimum absolute atomic E-state index is 0.181. The largest absolute Gasteiger partial charge is 0.347 e. The molecular formula is C16H13N5OS. The molecule has 0 saturated heterocycles. The van der Waals surface area contributed by atoms with E-state index in [2.05, 4.69) is 20.5 Å². The van der Waals surface area contributed by atoms with Gasteiger partial charge < -0.3 is 4.57 Å². The highest BCUT2D eigenvalue weighted by Gasteiger charge is 2.16. The van der Waals surface area contributed by atoms with Crippen LogP contribution < -0.4 is 5.32 Å². The maximum Gasteiger partial charge on any atom is 0.274 e. The van der Waals surface area contributed by atoms with E-state index in [4.69, 9.17) is 0 Å². The highest BCUT2D eigenvalue weighted by molar-refractivity contribution is 7.22. The Kier molecular flexibility index (Phi) is 3.20. The number of H-pyrrole nitrogens is 1. The molecule has 3 aromatic heterocycles. The summed E-state index contributed by atoms with van der Waals surface area (Å²) in [6.07, 6.45) is 1.83. The summed E-state index contributed by atoms with van der Waals surface area (Å²) in [6.45, 7) is 0. The van der Waals surface area contributed by atoms with E-state index in [9.17, 15) is 4.79 Å². The monoisotopic (exact) mass is 323 g/mol. The predicted molar refractivity (Wildman–Crippen MR) is 90.6 cm³/mol. The number of rotatable bonds is 3. The second kappa shape index (κ2) is 5.36. The molecule has 0 aliphatic rings.